The lowest BCUT2D eigenvalue weighted by molar-refractivity contribution is -0.143. The molecule has 0 aromatic rings. The van der Waals surface area contributed by atoms with Crippen LogP contribution in [0, 0.1) is 0 Å². The van der Waals surface area contributed by atoms with Crippen molar-refractivity contribution in [3.8, 4) is 0 Å². The van der Waals surface area contributed by atoms with Gasteiger partial charge in [-0.1, -0.05) is 50.2 Å². The number of esters is 1. The van der Waals surface area contributed by atoms with Gasteiger partial charge in [-0.2, -0.15) is 0 Å². The van der Waals surface area contributed by atoms with Gasteiger partial charge in [-0.25, -0.2) is 0 Å². The number of carbonyl (C=O) groups excluding carboxylic acids is 1. The highest BCUT2D eigenvalue weighted by Crippen LogP contribution is 2.07. The van der Waals surface area contributed by atoms with Crippen molar-refractivity contribution in [2.75, 3.05) is 19.1 Å². The second-order valence-electron chi connectivity index (χ2n) is 4.06. The molecule has 0 aliphatic rings. The standard InChI is InChI=1S/C11H22O2.C2H6OS/c1-3-5-6-7-8-9-10-11(12)13-4-2;1-4(2)3/h3-10H2,1-2H3;1-2H3. The highest BCUT2D eigenvalue weighted by Gasteiger charge is 1.99. The molecule has 0 saturated heterocycles. The molecule has 0 spiro atoms. The molecule has 0 amide bonds. The monoisotopic (exact) mass is 264 g/mol. The number of ether oxygens (including phenoxy) is 1. The van der Waals surface area contributed by atoms with Gasteiger partial charge in [-0.05, 0) is 13.3 Å². The normalized spacial score (nSPS) is 9.76. The van der Waals surface area contributed by atoms with Crippen LogP contribution in [0.15, 0.2) is 0 Å². The van der Waals surface area contributed by atoms with Gasteiger partial charge in [0.1, 0.15) is 0 Å². The summed E-state index contributed by atoms with van der Waals surface area (Å²) in [5.41, 5.74) is 0. The Labute approximate surface area is 109 Å². The lowest BCUT2D eigenvalue weighted by atomic mass is 10.1. The van der Waals surface area contributed by atoms with Crippen LogP contribution in [-0.4, -0.2) is 29.6 Å². The van der Waals surface area contributed by atoms with Gasteiger partial charge < -0.3 is 9.29 Å². The molecular weight excluding hydrogens is 236 g/mol. The van der Waals surface area contributed by atoms with Crippen LogP contribution in [0.25, 0.3) is 0 Å². The predicted molar refractivity (Wildman–Crippen MR) is 74.6 cm³/mol. The van der Waals surface area contributed by atoms with Gasteiger partial charge in [-0.3, -0.25) is 4.79 Å². The molecule has 0 aromatic carbocycles. The van der Waals surface area contributed by atoms with Gasteiger partial charge >= 0.3 is 5.97 Å². The molecule has 0 heterocycles. The maximum atomic E-state index is 10.9. The van der Waals surface area contributed by atoms with E-state index in [2.05, 4.69) is 6.92 Å². The molecule has 3 nitrogen and oxygen atoms in total. The Balaban J connectivity index is 0. The van der Waals surface area contributed by atoms with Crippen LogP contribution in [0.2, 0.25) is 0 Å². The zero-order valence-corrected chi connectivity index (χ0v) is 12.6. The topological polar surface area (TPSA) is 49.4 Å². The summed E-state index contributed by atoms with van der Waals surface area (Å²) < 4.78 is 14.4. The lowest BCUT2D eigenvalue weighted by Gasteiger charge is -2.01. The highest BCUT2D eigenvalue weighted by molar-refractivity contribution is 7.89. The Morgan fingerprint density at radius 1 is 1.06 bits per heavy atom. The highest BCUT2D eigenvalue weighted by atomic mass is 32.2. The average molecular weight is 264 g/mol. The lowest BCUT2D eigenvalue weighted by Crippen LogP contribution is -2.03. The molecule has 0 fully saturated rings. The van der Waals surface area contributed by atoms with E-state index in [1.165, 1.54) is 32.1 Å². The van der Waals surface area contributed by atoms with Crippen LogP contribution < -0.4 is 0 Å². The van der Waals surface area contributed by atoms with E-state index in [0.29, 0.717) is 13.0 Å². The summed E-state index contributed by atoms with van der Waals surface area (Å²) in [4.78, 5) is 10.9. The molecule has 0 unspecified atom stereocenters. The van der Waals surface area contributed by atoms with Crippen LogP contribution in [-0.2, 0) is 20.7 Å². The molecule has 0 saturated carbocycles. The minimum atomic E-state index is -0.611. The molecule has 104 valence electrons. The third kappa shape index (κ3) is 25.8. The van der Waals surface area contributed by atoms with E-state index in [0.717, 1.165) is 6.42 Å². The fourth-order valence-electron chi connectivity index (χ4n) is 1.28. The van der Waals surface area contributed by atoms with Crippen molar-refractivity contribution < 1.29 is 14.1 Å². The molecule has 0 rings (SSSR count). The molecule has 0 aliphatic heterocycles. The fraction of sp³-hybridized carbons (Fsp3) is 0.923. The van der Waals surface area contributed by atoms with Gasteiger partial charge in [0, 0.05) is 6.42 Å². The molecule has 0 radical (unpaired) electrons. The van der Waals surface area contributed by atoms with Crippen molar-refractivity contribution in [2.45, 2.75) is 58.8 Å². The summed E-state index contributed by atoms with van der Waals surface area (Å²) >= 11 is -0.611. The van der Waals surface area contributed by atoms with Gasteiger partial charge in [0.15, 0.2) is 0 Å². The molecule has 4 heteroatoms. The van der Waals surface area contributed by atoms with E-state index in [-0.39, 0.29) is 5.97 Å². The molecule has 0 aromatic heterocycles. The summed E-state index contributed by atoms with van der Waals surface area (Å²) in [5.74, 6) is -0.0435. The number of unbranched alkanes of at least 4 members (excludes halogenated alkanes) is 5. The smallest absolute Gasteiger partial charge is 0.305 e. The summed E-state index contributed by atoms with van der Waals surface area (Å²) in [6, 6.07) is 0. The van der Waals surface area contributed by atoms with Crippen molar-refractivity contribution >= 4 is 17.1 Å². The van der Waals surface area contributed by atoms with Gasteiger partial charge in [-0.15, -0.1) is 0 Å². The fourth-order valence-corrected chi connectivity index (χ4v) is 1.28. The molecule has 0 atom stereocenters. The quantitative estimate of drug-likeness (QED) is 0.384. The number of rotatable bonds is 8. The Morgan fingerprint density at radius 2 is 1.53 bits per heavy atom. The second-order valence-corrected chi connectivity index (χ2v) is 5.55. The van der Waals surface area contributed by atoms with Gasteiger partial charge in [0.05, 0.1) is 19.1 Å². The van der Waals surface area contributed by atoms with Crippen LogP contribution in [0.3, 0.4) is 0 Å². The van der Waals surface area contributed by atoms with Crippen molar-refractivity contribution in [3.63, 3.8) is 0 Å². The zero-order valence-electron chi connectivity index (χ0n) is 11.8. The first-order chi connectivity index (χ1) is 8.04. The molecular formula is C13H28O3S. The first-order valence-corrected chi connectivity index (χ1v) is 8.41. The Hall–Kier alpha value is -0.220. The predicted octanol–water partition coefficient (Wildman–Crippen LogP) is 3.29. The molecule has 0 aliphatic carbocycles. The average Bonchev–Trinajstić information content (AvgIpc) is 2.23. The number of carbonyl (C=O) groups is 1. The Bertz CT molecular complexity index is 158. The van der Waals surface area contributed by atoms with Crippen LogP contribution in [0.4, 0.5) is 0 Å². The molecule has 17 heavy (non-hydrogen) atoms. The van der Waals surface area contributed by atoms with Crippen LogP contribution in [0.1, 0.15) is 58.8 Å². The van der Waals surface area contributed by atoms with Crippen molar-refractivity contribution in [2.24, 2.45) is 0 Å². The second kappa shape index (κ2) is 15.8. The van der Waals surface area contributed by atoms with Crippen molar-refractivity contribution in [1.82, 2.24) is 0 Å². The summed E-state index contributed by atoms with van der Waals surface area (Å²) in [6.07, 6.45) is 11.2. The van der Waals surface area contributed by atoms with Crippen LogP contribution in [0.5, 0.6) is 0 Å². The third-order valence-corrected chi connectivity index (χ3v) is 2.04. The van der Waals surface area contributed by atoms with E-state index in [9.17, 15) is 9.35 Å². The Kier molecular flexibility index (Phi) is 17.8. The van der Waals surface area contributed by atoms with Gasteiger partial charge in [0.25, 0.3) is 0 Å². The number of hydrogen-bond donors (Lipinski definition) is 0. The van der Waals surface area contributed by atoms with E-state index < -0.39 is 11.2 Å². The summed E-state index contributed by atoms with van der Waals surface area (Å²) in [5, 5.41) is 0. The Morgan fingerprint density at radius 3 is 2.00 bits per heavy atom. The zero-order chi connectivity index (χ0) is 13.5. The van der Waals surface area contributed by atoms with Crippen LogP contribution >= 0.6 is 0 Å². The van der Waals surface area contributed by atoms with E-state index in [1.807, 2.05) is 6.92 Å². The largest absolute Gasteiger partial charge is 0.617 e. The SMILES string of the molecule is CCCCCCCCC(=O)OCC.C[S+](C)[O-]. The maximum absolute atomic E-state index is 10.9. The van der Waals surface area contributed by atoms with Crippen molar-refractivity contribution in [3.05, 3.63) is 0 Å². The van der Waals surface area contributed by atoms with E-state index >= 15 is 0 Å². The number of hydrogen-bond acceptors (Lipinski definition) is 3. The van der Waals surface area contributed by atoms with E-state index in [1.54, 1.807) is 12.5 Å². The van der Waals surface area contributed by atoms with Crippen molar-refractivity contribution in [1.29, 1.82) is 0 Å². The molecule has 0 N–H and O–H groups in total. The van der Waals surface area contributed by atoms with Gasteiger partial charge in [0.2, 0.25) is 0 Å². The minimum absolute atomic E-state index is 0.0435. The minimum Gasteiger partial charge on any atom is -0.617 e. The molecule has 0 bridgehead atoms. The third-order valence-electron chi connectivity index (χ3n) is 2.04. The summed E-state index contributed by atoms with van der Waals surface area (Å²) in [6.45, 7) is 4.56. The maximum Gasteiger partial charge on any atom is 0.305 e. The first kappa shape index (κ1) is 19.1. The van der Waals surface area contributed by atoms with E-state index in [4.69, 9.17) is 4.74 Å². The first-order valence-electron chi connectivity index (χ1n) is 6.45. The summed E-state index contributed by atoms with van der Waals surface area (Å²) in [7, 11) is 0.